The van der Waals surface area contributed by atoms with E-state index in [-0.39, 0.29) is 18.5 Å². The minimum absolute atomic E-state index is 0.0610. The molecular weight excluding hydrogens is 318 g/mol. The predicted molar refractivity (Wildman–Crippen MR) is 68.4 cm³/mol. The molecule has 9 heteroatoms. The van der Waals surface area contributed by atoms with Crippen molar-refractivity contribution in [3.63, 3.8) is 0 Å². The maximum absolute atomic E-state index is 12.5. The quantitative estimate of drug-likeness (QED) is 0.626. The summed E-state index contributed by atoms with van der Waals surface area (Å²) >= 11 is 1.10. The molecule has 0 aliphatic rings. The second-order valence-corrected chi connectivity index (χ2v) is 5.38. The molecule has 0 spiro atoms. The van der Waals surface area contributed by atoms with E-state index in [9.17, 15) is 26.3 Å². The summed E-state index contributed by atoms with van der Waals surface area (Å²) in [5.74, 6) is 0. The molecule has 1 heterocycles. The number of anilines is 1. The van der Waals surface area contributed by atoms with Crippen molar-refractivity contribution < 1.29 is 26.3 Å². The van der Waals surface area contributed by atoms with E-state index in [1.807, 2.05) is 0 Å². The Morgan fingerprint density at radius 3 is 2.43 bits per heavy atom. The molecule has 0 saturated heterocycles. The van der Waals surface area contributed by atoms with Crippen LogP contribution in [-0.4, -0.2) is 17.7 Å². The van der Waals surface area contributed by atoms with Crippen molar-refractivity contribution in [2.24, 2.45) is 0 Å². The Morgan fingerprint density at radius 1 is 1.10 bits per heavy atom. The van der Waals surface area contributed by atoms with Crippen LogP contribution in [-0.2, 0) is 6.18 Å². The lowest BCUT2D eigenvalue weighted by atomic mass is 10.2. The molecule has 0 atom stereocenters. The van der Waals surface area contributed by atoms with Gasteiger partial charge in [0.1, 0.15) is 0 Å². The summed E-state index contributed by atoms with van der Waals surface area (Å²) in [5, 5.41) is 3.00. The van der Waals surface area contributed by atoms with Crippen LogP contribution in [0.4, 0.5) is 31.5 Å². The van der Waals surface area contributed by atoms with Gasteiger partial charge in [-0.3, -0.25) is 0 Å². The summed E-state index contributed by atoms with van der Waals surface area (Å²) in [6, 6.07) is 3.18. The normalized spacial score (nSPS) is 12.9. The van der Waals surface area contributed by atoms with Gasteiger partial charge < -0.3 is 5.32 Å². The highest BCUT2D eigenvalue weighted by atomic mass is 32.1. The van der Waals surface area contributed by atoms with Crippen molar-refractivity contribution in [1.82, 2.24) is 4.98 Å². The fraction of sp³-hybridized carbons (Fsp3) is 0.417. The summed E-state index contributed by atoms with van der Waals surface area (Å²) in [7, 11) is 0. The number of fused-ring (bicyclic) bond motifs is 1. The molecule has 1 aromatic carbocycles. The zero-order valence-corrected chi connectivity index (χ0v) is 11.3. The molecule has 0 aliphatic carbocycles. The van der Waals surface area contributed by atoms with Crippen molar-refractivity contribution in [3.8, 4) is 0 Å². The first kappa shape index (κ1) is 15.9. The molecule has 1 aromatic heterocycles. The highest BCUT2D eigenvalue weighted by Crippen LogP contribution is 2.34. The second-order valence-electron chi connectivity index (χ2n) is 4.34. The molecule has 2 nitrogen and oxygen atoms in total. The fourth-order valence-corrected chi connectivity index (χ4v) is 2.54. The Balaban J connectivity index is 2.02. The van der Waals surface area contributed by atoms with Gasteiger partial charge in [-0.1, -0.05) is 11.3 Å². The minimum atomic E-state index is -4.45. The first-order valence-electron chi connectivity index (χ1n) is 5.93. The zero-order chi connectivity index (χ0) is 15.7. The van der Waals surface area contributed by atoms with Crippen LogP contribution in [0.5, 0.6) is 0 Å². The van der Waals surface area contributed by atoms with Gasteiger partial charge in [0.05, 0.1) is 15.8 Å². The van der Waals surface area contributed by atoms with E-state index in [4.69, 9.17) is 0 Å². The topological polar surface area (TPSA) is 24.9 Å². The lowest BCUT2D eigenvalue weighted by Crippen LogP contribution is -2.10. The van der Waals surface area contributed by atoms with Crippen molar-refractivity contribution in [3.05, 3.63) is 23.8 Å². The van der Waals surface area contributed by atoms with Crippen LogP contribution in [0.1, 0.15) is 18.4 Å². The Labute approximate surface area is 119 Å². The van der Waals surface area contributed by atoms with Crippen molar-refractivity contribution in [2.45, 2.75) is 25.2 Å². The van der Waals surface area contributed by atoms with Crippen LogP contribution in [0.25, 0.3) is 10.2 Å². The van der Waals surface area contributed by atoms with E-state index < -0.39 is 24.3 Å². The van der Waals surface area contributed by atoms with Gasteiger partial charge in [0.15, 0.2) is 5.13 Å². The molecule has 116 valence electrons. The van der Waals surface area contributed by atoms with E-state index in [2.05, 4.69) is 10.3 Å². The third-order valence-electron chi connectivity index (χ3n) is 2.63. The molecule has 1 N–H and O–H groups in total. The van der Waals surface area contributed by atoms with Crippen LogP contribution < -0.4 is 5.32 Å². The number of benzene rings is 1. The van der Waals surface area contributed by atoms with Gasteiger partial charge in [0.2, 0.25) is 0 Å². The SMILES string of the molecule is FC(F)(F)CCCNc1nc2cc(C(F)(F)F)ccc2s1. The Kier molecular flexibility index (Phi) is 4.31. The monoisotopic (exact) mass is 328 g/mol. The summed E-state index contributed by atoms with van der Waals surface area (Å²) in [4.78, 5) is 3.95. The van der Waals surface area contributed by atoms with Crippen molar-refractivity contribution >= 4 is 26.7 Å². The van der Waals surface area contributed by atoms with Crippen LogP contribution >= 0.6 is 11.3 Å². The van der Waals surface area contributed by atoms with Crippen molar-refractivity contribution in [2.75, 3.05) is 11.9 Å². The maximum Gasteiger partial charge on any atom is 0.416 e. The van der Waals surface area contributed by atoms with E-state index >= 15 is 0 Å². The average Bonchev–Trinajstić information content (AvgIpc) is 2.74. The number of alkyl halides is 6. The van der Waals surface area contributed by atoms with Crippen LogP contribution in [0.3, 0.4) is 0 Å². The third-order valence-corrected chi connectivity index (χ3v) is 3.62. The first-order valence-corrected chi connectivity index (χ1v) is 6.75. The first-order chi connectivity index (χ1) is 9.65. The van der Waals surface area contributed by atoms with Crippen LogP contribution in [0, 0.1) is 0 Å². The number of halogens is 6. The van der Waals surface area contributed by atoms with Gasteiger partial charge in [0, 0.05) is 13.0 Å². The fourth-order valence-electron chi connectivity index (χ4n) is 1.66. The number of rotatable bonds is 4. The number of hydrogen-bond donors (Lipinski definition) is 1. The Bertz CT molecular complexity index is 616. The average molecular weight is 328 g/mol. The summed E-state index contributed by atoms with van der Waals surface area (Å²) in [6.07, 6.45) is -9.69. The molecule has 0 fully saturated rings. The largest absolute Gasteiger partial charge is 0.416 e. The molecule has 2 aromatic rings. The molecule has 0 unspecified atom stereocenters. The number of nitrogens with zero attached hydrogens (tertiary/aromatic N) is 1. The van der Waals surface area contributed by atoms with Gasteiger partial charge in [-0.15, -0.1) is 0 Å². The van der Waals surface area contributed by atoms with Gasteiger partial charge in [-0.2, -0.15) is 26.3 Å². The Hall–Kier alpha value is -1.51. The molecule has 0 saturated carbocycles. The number of thiazole rings is 1. The lowest BCUT2D eigenvalue weighted by molar-refractivity contribution is -0.137. The summed E-state index contributed by atoms with van der Waals surface area (Å²) in [6.45, 7) is 0.0610. The minimum Gasteiger partial charge on any atom is -0.361 e. The van der Waals surface area contributed by atoms with Crippen molar-refractivity contribution in [1.29, 1.82) is 0 Å². The smallest absolute Gasteiger partial charge is 0.361 e. The second kappa shape index (κ2) is 5.70. The summed E-state index contributed by atoms with van der Waals surface area (Å²) in [5.41, 5.74) is -0.628. The highest BCUT2D eigenvalue weighted by Gasteiger charge is 2.30. The summed E-state index contributed by atoms with van der Waals surface area (Å²) < 4.78 is 74.0. The van der Waals surface area contributed by atoms with E-state index in [1.54, 1.807) is 0 Å². The molecule has 2 rings (SSSR count). The highest BCUT2D eigenvalue weighted by molar-refractivity contribution is 7.22. The predicted octanol–water partition coefficient (Wildman–Crippen LogP) is 5.07. The van der Waals surface area contributed by atoms with Gasteiger partial charge in [-0.25, -0.2) is 4.98 Å². The Morgan fingerprint density at radius 2 is 1.81 bits per heavy atom. The molecule has 21 heavy (non-hydrogen) atoms. The van der Waals surface area contributed by atoms with Gasteiger partial charge in [0.25, 0.3) is 0 Å². The van der Waals surface area contributed by atoms with Gasteiger partial charge >= 0.3 is 12.4 Å². The number of hydrogen-bond acceptors (Lipinski definition) is 3. The third kappa shape index (κ3) is 4.48. The maximum atomic E-state index is 12.5. The molecule has 0 amide bonds. The number of aromatic nitrogens is 1. The van der Waals surface area contributed by atoms with Crippen LogP contribution in [0.2, 0.25) is 0 Å². The molecule has 0 bridgehead atoms. The van der Waals surface area contributed by atoms with Gasteiger partial charge in [-0.05, 0) is 24.6 Å². The standard InChI is InChI=1S/C12H10F6N2S/c13-11(14,15)4-1-5-19-10-20-8-6-7(12(16,17)18)2-3-9(8)21-10/h2-3,6H,1,4-5H2,(H,19,20). The number of nitrogens with one attached hydrogen (secondary N) is 1. The zero-order valence-electron chi connectivity index (χ0n) is 10.5. The molecule has 0 radical (unpaired) electrons. The van der Waals surface area contributed by atoms with E-state index in [1.165, 1.54) is 6.07 Å². The van der Waals surface area contributed by atoms with Crippen LogP contribution in [0.15, 0.2) is 18.2 Å². The lowest BCUT2D eigenvalue weighted by Gasteiger charge is -2.05. The van der Waals surface area contributed by atoms with E-state index in [0.717, 1.165) is 23.5 Å². The van der Waals surface area contributed by atoms with E-state index in [0.29, 0.717) is 9.83 Å². The molecule has 0 aliphatic heterocycles. The molecular formula is C12H10F6N2S.